The molecule has 3 saturated carbocycles. The van der Waals surface area contributed by atoms with Gasteiger partial charge in [-0.25, -0.2) is 0 Å². The van der Waals surface area contributed by atoms with Gasteiger partial charge in [0.15, 0.2) is 5.79 Å². The van der Waals surface area contributed by atoms with E-state index >= 15 is 0 Å². The number of aliphatic hydroxyl groups is 2. The Kier molecular flexibility index (Phi) is 2.54. The molecule has 7 atom stereocenters. The fourth-order valence-corrected chi connectivity index (χ4v) is 7.45. The first-order valence-electron chi connectivity index (χ1n) is 9.13. The van der Waals surface area contributed by atoms with Crippen LogP contribution in [0.4, 0.5) is 0 Å². The lowest BCUT2D eigenvalue weighted by molar-refractivity contribution is -0.368. The van der Waals surface area contributed by atoms with Crippen molar-refractivity contribution in [1.29, 1.82) is 0 Å². The Bertz CT molecular complexity index is 533. The second-order valence-corrected chi connectivity index (χ2v) is 9.29. The van der Waals surface area contributed by atoms with Gasteiger partial charge in [-0.1, -0.05) is 19.1 Å². The van der Waals surface area contributed by atoms with Gasteiger partial charge in [0, 0.05) is 17.8 Å². The Labute approximate surface area is 132 Å². The smallest absolute Gasteiger partial charge is 0.170 e. The van der Waals surface area contributed by atoms with E-state index in [-0.39, 0.29) is 17.9 Å². The predicted octanol–water partition coefficient (Wildman–Crippen LogP) is 2.87. The van der Waals surface area contributed by atoms with Gasteiger partial charge in [-0.3, -0.25) is 0 Å². The number of allylic oxidation sites excluding steroid dienone is 2. The summed E-state index contributed by atoms with van der Waals surface area (Å²) in [5.41, 5.74) is 0.993. The first-order valence-corrected chi connectivity index (χ1v) is 9.13. The fourth-order valence-electron chi connectivity index (χ4n) is 7.45. The van der Waals surface area contributed by atoms with Crippen molar-refractivity contribution in [2.24, 2.45) is 34.0 Å². The van der Waals surface area contributed by atoms with Gasteiger partial charge in [0.05, 0.1) is 13.2 Å². The molecule has 4 aliphatic carbocycles. The van der Waals surface area contributed by atoms with E-state index in [0.717, 1.165) is 12.8 Å². The molecule has 22 heavy (non-hydrogen) atoms. The lowest BCUT2D eigenvalue weighted by atomic mass is 9.40. The van der Waals surface area contributed by atoms with E-state index < -0.39 is 5.79 Å². The summed E-state index contributed by atoms with van der Waals surface area (Å²) in [6.07, 6.45) is 13.1. The zero-order valence-electron chi connectivity index (χ0n) is 13.6. The predicted molar refractivity (Wildman–Crippen MR) is 82.9 cm³/mol. The zero-order chi connectivity index (χ0) is 15.2. The highest BCUT2D eigenvalue weighted by molar-refractivity contribution is 5.26. The molecular weight excluding hydrogens is 276 g/mol. The normalized spacial score (nSPS) is 61.9. The number of hydrogen-bond donors (Lipinski definition) is 2. The number of ether oxygens (including phenoxy) is 1. The lowest BCUT2D eigenvalue weighted by Crippen LogP contribution is -2.69. The summed E-state index contributed by atoms with van der Waals surface area (Å²) in [5, 5.41) is 20.7. The molecule has 2 aliphatic heterocycles. The molecule has 2 spiro atoms. The van der Waals surface area contributed by atoms with Crippen LogP contribution in [0.25, 0.3) is 0 Å². The topological polar surface area (TPSA) is 49.7 Å². The molecule has 6 aliphatic rings. The molecule has 0 aromatic carbocycles. The summed E-state index contributed by atoms with van der Waals surface area (Å²) >= 11 is 0. The maximum absolute atomic E-state index is 10.8. The maximum Gasteiger partial charge on any atom is 0.170 e. The summed E-state index contributed by atoms with van der Waals surface area (Å²) in [5.74, 6) is -0.00473. The molecular formula is C19H28O3. The van der Waals surface area contributed by atoms with Crippen LogP contribution in [-0.4, -0.2) is 29.2 Å². The molecule has 0 radical (unpaired) electrons. The minimum atomic E-state index is -1.06. The summed E-state index contributed by atoms with van der Waals surface area (Å²) < 4.78 is 5.98. The van der Waals surface area contributed by atoms with E-state index in [2.05, 4.69) is 19.1 Å². The van der Waals surface area contributed by atoms with Gasteiger partial charge in [0.2, 0.25) is 0 Å². The SMILES string of the molecule is C[C@@]12C=C[C@]3(CC[C@H]4[C@H](CO)[C@@]5(O)CC[C@]4(CO5)[C@H]3CC1)C2. The average Bonchev–Trinajstić information content (AvgIpc) is 2.76. The van der Waals surface area contributed by atoms with Gasteiger partial charge < -0.3 is 14.9 Å². The molecule has 122 valence electrons. The van der Waals surface area contributed by atoms with Gasteiger partial charge in [-0.05, 0) is 61.2 Å². The largest absolute Gasteiger partial charge is 0.396 e. The standard InChI is InChI=1S/C19H28O3/c1-16-4-3-15-17(11-16,7-6-16)5-2-13-14(10-20)19(21)9-8-18(13,15)12-22-19/h6-7,13-15,20-21H,2-5,8-12H2,1H3/t13-,14-,15-,16-,17+,18+,19+/m0/s1. The summed E-state index contributed by atoms with van der Waals surface area (Å²) in [4.78, 5) is 0. The second kappa shape index (κ2) is 3.99. The Morgan fingerprint density at radius 1 is 1.14 bits per heavy atom. The molecule has 2 N–H and O–H groups in total. The number of rotatable bonds is 1. The van der Waals surface area contributed by atoms with Crippen LogP contribution in [0.15, 0.2) is 12.2 Å². The summed E-state index contributed by atoms with van der Waals surface area (Å²) in [7, 11) is 0. The van der Waals surface area contributed by atoms with E-state index in [4.69, 9.17) is 4.74 Å². The van der Waals surface area contributed by atoms with Crippen LogP contribution in [0.5, 0.6) is 0 Å². The highest BCUT2D eigenvalue weighted by Gasteiger charge is 2.69. The monoisotopic (exact) mass is 304 g/mol. The second-order valence-electron chi connectivity index (χ2n) is 9.29. The molecule has 0 aromatic heterocycles. The highest BCUT2D eigenvalue weighted by atomic mass is 16.6. The van der Waals surface area contributed by atoms with E-state index in [1.807, 2.05) is 0 Å². The maximum atomic E-state index is 10.8. The molecule has 5 fully saturated rings. The number of hydrogen-bond acceptors (Lipinski definition) is 3. The van der Waals surface area contributed by atoms with Gasteiger partial charge in [-0.15, -0.1) is 0 Å². The van der Waals surface area contributed by atoms with Crippen molar-refractivity contribution in [1.82, 2.24) is 0 Å². The van der Waals surface area contributed by atoms with Crippen molar-refractivity contribution in [3.63, 3.8) is 0 Å². The fraction of sp³-hybridized carbons (Fsp3) is 0.895. The van der Waals surface area contributed by atoms with Crippen molar-refractivity contribution >= 4 is 0 Å². The minimum absolute atomic E-state index is 0.0657. The van der Waals surface area contributed by atoms with E-state index in [0.29, 0.717) is 35.7 Å². The van der Waals surface area contributed by atoms with Crippen molar-refractivity contribution in [2.45, 2.75) is 57.7 Å². The van der Waals surface area contributed by atoms with E-state index in [1.165, 1.54) is 25.7 Å². The van der Waals surface area contributed by atoms with Crippen molar-refractivity contribution in [3.8, 4) is 0 Å². The highest BCUT2D eigenvalue weighted by Crippen LogP contribution is 2.72. The van der Waals surface area contributed by atoms with Crippen LogP contribution in [0.2, 0.25) is 0 Å². The molecule has 4 bridgehead atoms. The first kappa shape index (κ1) is 14.0. The quantitative estimate of drug-likeness (QED) is 0.732. The van der Waals surface area contributed by atoms with Gasteiger partial charge in [0.1, 0.15) is 0 Å². The zero-order valence-corrected chi connectivity index (χ0v) is 13.6. The number of aliphatic hydroxyl groups excluding tert-OH is 1. The van der Waals surface area contributed by atoms with Crippen LogP contribution in [0.3, 0.4) is 0 Å². The molecule has 0 unspecified atom stereocenters. The molecule has 6 rings (SSSR count). The third kappa shape index (κ3) is 1.44. The van der Waals surface area contributed by atoms with Crippen LogP contribution >= 0.6 is 0 Å². The molecule has 0 amide bonds. The van der Waals surface area contributed by atoms with Crippen LogP contribution in [0, 0.1) is 34.0 Å². The van der Waals surface area contributed by atoms with Gasteiger partial charge >= 0.3 is 0 Å². The minimum Gasteiger partial charge on any atom is -0.396 e. The van der Waals surface area contributed by atoms with Crippen molar-refractivity contribution < 1.29 is 14.9 Å². The van der Waals surface area contributed by atoms with Crippen molar-refractivity contribution in [3.05, 3.63) is 12.2 Å². The molecule has 3 nitrogen and oxygen atoms in total. The third-order valence-corrected chi connectivity index (χ3v) is 8.40. The van der Waals surface area contributed by atoms with Crippen molar-refractivity contribution in [2.75, 3.05) is 13.2 Å². The lowest BCUT2D eigenvalue weighted by Gasteiger charge is -2.68. The Morgan fingerprint density at radius 2 is 2.00 bits per heavy atom. The number of fused-ring (bicyclic) bond motifs is 3. The van der Waals surface area contributed by atoms with Crippen LogP contribution in [0.1, 0.15) is 51.9 Å². The average molecular weight is 304 g/mol. The molecule has 2 saturated heterocycles. The third-order valence-electron chi connectivity index (χ3n) is 8.40. The van der Waals surface area contributed by atoms with E-state index in [9.17, 15) is 10.2 Å². The summed E-state index contributed by atoms with van der Waals surface area (Å²) in [6, 6.07) is 0. The summed E-state index contributed by atoms with van der Waals surface area (Å²) in [6.45, 7) is 3.20. The van der Waals surface area contributed by atoms with Crippen LogP contribution in [-0.2, 0) is 4.74 Å². The van der Waals surface area contributed by atoms with E-state index in [1.54, 1.807) is 0 Å². The van der Waals surface area contributed by atoms with Gasteiger partial charge in [0.25, 0.3) is 0 Å². The Balaban J connectivity index is 1.59. The first-order chi connectivity index (χ1) is 10.5. The Morgan fingerprint density at radius 3 is 2.73 bits per heavy atom. The molecule has 3 heteroatoms. The molecule has 0 aromatic rings. The Hall–Kier alpha value is -0.380. The van der Waals surface area contributed by atoms with Crippen LogP contribution < -0.4 is 0 Å². The van der Waals surface area contributed by atoms with Gasteiger partial charge in [-0.2, -0.15) is 0 Å². The molecule has 2 heterocycles.